The summed E-state index contributed by atoms with van der Waals surface area (Å²) in [5.74, 6) is 0.815. The summed E-state index contributed by atoms with van der Waals surface area (Å²) < 4.78 is 14.1. The number of carbonyl (C=O) groups is 1. The Morgan fingerprint density at radius 3 is 2.57 bits per heavy atom. The molecule has 0 saturated carbocycles. The van der Waals surface area contributed by atoms with Crippen LogP contribution in [0.2, 0.25) is 0 Å². The number of halogens is 1. The van der Waals surface area contributed by atoms with Gasteiger partial charge in [-0.3, -0.25) is 10.1 Å². The van der Waals surface area contributed by atoms with E-state index < -0.39 is 0 Å². The van der Waals surface area contributed by atoms with Gasteiger partial charge in [-0.2, -0.15) is 11.8 Å². The number of nitrogens with zero attached hydrogens (tertiary/aromatic N) is 1. The molecular weight excluding hydrogens is 287 g/mol. The van der Waals surface area contributed by atoms with Crippen LogP contribution in [0.25, 0.3) is 0 Å². The van der Waals surface area contributed by atoms with Crippen LogP contribution in [0.4, 0.5) is 4.39 Å². The molecule has 0 spiro atoms. The highest BCUT2D eigenvalue weighted by atomic mass is 32.2. The highest BCUT2D eigenvalue weighted by molar-refractivity contribution is 7.98. The lowest BCUT2D eigenvalue weighted by atomic mass is 10.0. The van der Waals surface area contributed by atoms with Crippen LogP contribution in [-0.2, 0) is 4.79 Å². The minimum Gasteiger partial charge on any atom is -0.318 e. The summed E-state index contributed by atoms with van der Waals surface area (Å²) in [6.45, 7) is 6.04. The Bertz CT molecular complexity index is 509. The molecule has 0 radical (unpaired) electrons. The standard InChI is InChI=1S/C16H23FN2OS/c1-10(2)14-16(20)19(11(3)9-21-4)15(18-14)12-7-5-6-8-13(12)17/h5-8,10-11,14-15,18H,9H2,1-4H3. The molecule has 0 aromatic heterocycles. The van der Waals surface area contributed by atoms with Crippen LogP contribution in [0.1, 0.15) is 32.5 Å². The monoisotopic (exact) mass is 310 g/mol. The number of benzene rings is 1. The second-order valence-electron chi connectivity index (χ2n) is 5.86. The van der Waals surface area contributed by atoms with Crippen molar-refractivity contribution in [2.45, 2.75) is 39.0 Å². The van der Waals surface area contributed by atoms with Crippen molar-refractivity contribution in [3.63, 3.8) is 0 Å². The van der Waals surface area contributed by atoms with Gasteiger partial charge in [0.15, 0.2) is 0 Å². The van der Waals surface area contributed by atoms with Gasteiger partial charge in [0.2, 0.25) is 5.91 Å². The second-order valence-corrected chi connectivity index (χ2v) is 6.77. The van der Waals surface area contributed by atoms with E-state index in [0.29, 0.717) is 5.56 Å². The van der Waals surface area contributed by atoms with Crippen LogP contribution in [0.3, 0.4) is 0 Å². The van der Waals surface area contributed by atoms with Gasteiger partial charge in [-0.05, 0) is 25.2 Å². The average molecular weight is 310 g/mol. The lowest BCUT2D eigenvalue weighted by Gasteiger charge is -2.30. The molecule has 1 fully saturated rings. The smallest absolute Gasteiger partial charge is 0.241 e. The van der Waals surface area contributed by atoms with Crippen molar-refractivity contribution in [2.24, 2.45) is 5.92 Å². The first-order valence-electron chi connectivity index (χ1n) is 7.29. The largest absolute Gasteiger partial charge is 0.318 e. The molecule has 3 unspecified atom stereocenters. The quantitative estimate of drug-likeness (QED) is 0.907. The lowest BCUT2D eigenvalue weighted by molar-refractivity contribution is -0.132. The van der Waals surface area contributed by atoms with Gasteiger partial charge in [-0.1, -0.05) is 32.0 Å². The Morgan fingerprint density at radius 2 is 2.00 bits per heavy atom. The highest BCUT2D eigenvalue weighted by Gasteiger charge is 2.43. The molecule has 1 aliphatic rings. The first-order chi connectivity index (χ1) is 9.97. The molecule has 0 aliphatic carbocycles. The van der Waals surface area contributed by atoms with Gasteiger partial charge in [0.1, 0.15) is 12.0 Å². The number of amides is 1. The molecule has 0 bridgehead atoms. The predicted octanol–water partition coefficient (Wildman–Crippen LogP) is 3.03. The minimum absolute atomic E-state index is 0.0633. The van der Waals surface area contributed by atoms with Crippen molar-refractivity contribution in [3.05, 3.63) is 35.6 Å². The molecule has 1 aliphatic heterocycles. The van der Waals surface area contributed by atoms with Gasteiger partial charge in [-0.25, -0.2) is 4.39 Å². The van der Waals surface area contributed by atoms with E-state index in [1.165, 1.54) is 6.07 Å². The molecule has 5 heteroatoms. The fourth-order valence-corrected chi connectivity index (χ4v) is 3.46. The van der Waals surface area contributed by atoms with E-state index in [1.807, 2.05) is 33.1 Å². The molecule has 1 aromatic carbocycles. The van der Waals surface area contributed by atoms with Gasteiger partial charge >= 0.3 is 0 Å². The van der Waals surface area contributed by atoms with Crippen molar-refractivity contribution in [1.82, 2.24) is 10.2 Å². The van der Waals surface area contributed by atoms with Crippen molar-refractivity contribution < 1.29 is 9.18 Å². The third-order valence-electron chi connectivity index (χ3n) is 3.89. The Labute approximate surface area is 130 Å². The van der Waals surface area contributed by atoms with E-state index in [-0.39, 0.29) is 35.9 Å². The molecule has 1 amide bonds. The Hall–Kier alpha value is -1.07. The molecule has 116 valence electrons. The van der Waals surface area contributed by atoms with Gasteiger partial charge in [0.25, 0.3) is 0 Å². The van der Waals surface area contributed by atoms with Gasteiger partial charge in [0.05, 0.1) is 6.04 Å². The third kappa shape index (κ3) is 3.24. The molecule has 1 aromatic rings. The lowest BCUT2D eigenvalue weighted by Crippen LogP contribution is -2.40. The van der Waals surface area contributed by atoms with E-state index >= 15 is 0 Å². The fraction of sp³-hybridized carbons (Fsp3) is 0.562. The van der Waals surface area contributed by atoms with E-state index in [0.717, 1.165) is 5.75 Å². The summed E-state index contributed by atoms with van der Waals surface area (Å²) in [5.41, 5.74) is 0.543. The summed E-state index contributed by atoms with van der Waals surface area (Å²) in [7, 11) is 0. The normalized spacial score (nSPS) is 23.9. The number of rotatable bonds is 5. The van der Waals surface area contributed by atoms with E-state index in [2.05, 4.69) is 5.32 Å². The minimum atomic E-state index is -0.381. The van der Waals surface area contributed by atoms with E-state index in [9.17, 15) is 9.18 Å². The van der Waals surface area contributed by atoms with Gasteiger partial charge in [-0.15, -0.1) is 0 Å². The fourth-order valence-electron chi connectivity index (χ4n) is 2.82. The van der Waals surface area contributed by atoms with Crippen LogP contribution < -0.4 is 5.32 Å². The molecule has 1 heterocycles. The molecule has 1 saturated heterocycles. The Kier molecular flexibility index (Phi) is 5.27. The second kappa shape index (κ2) is 6.79. The summed E-state index contributed by atoms with van der Waals surface area (Å²) in [6.07, 6.45) is 1.64. The zero-order valence-corrected chi connectivity index (χ0v) is 13.8. The molecule has 2 rings (SSSR count). The van der Waals surface area contributed by atoms with Crippen molar-refractivity contribution >= 4 is 17.7 Å². The summed E-state index contributed by atoms with van der Waals surface area (Å²) >= 11 is 1.69. The van der Waals surface area contributed by atoms with Crippen molar-refractivity contribution in [2.75, 3.05) is 12.0 Å². The zero-order valence-electron chi connectivity index (χ0n) is 13.0. The molecule has 3 nitrogen and oxygen atoms in total. The van der Waals surface area contributed by atoms with Crippen molar-refractivity contribution in [3.8, 4) is 0 Å². The summed E-state index contributed by atoms with van der Waals surface area (Å²) in [6, 6.07) is 6.49. The van der Waals surface area contributed by atoms with Crippen LogP contribution in [0.15, 0.2) is 24.3 Å². The Morgan fingerprint density at radius 1 is 1.33 bits per heavy atom. The van der Waals surface area contributed by atoms with Crippen LogP contribution in [0, 0.1) is 11.7 Å². The molecule has 1 N–H and O–H groups in total. The molecule has 3 atom stereocenters. The average Bonchev–Trinajstić information content (AvgIpc) is 2.77. The maximum Gasteiger partial charge on any atom is 0.241 e. The number of hydrogen-bond acceptors (Lipinski definition) is 3. The summed E-state index contributed by atoms with van der Waals surface area (Å²) in [4.78, 5) is 14.5. The van der Waals surface area contributed by atoms with Crippen LogP contribution in [-0.4, -0.2) is 34.9 Å². The first kappa shape index (κ1) is 16.3. The van der Waals surface area contributed by atoms with Gasteiger partial charge < -0.3 is 4.90 Å². The van der Waals surface area contributed by atoms with Crippen LogP contribution in [0.5, 0.6) is 0 Å². The van der Waals surface area contributed by atoms with Crippen molar-refractivity contribution in [1.29, 1.82) is 0 Å². The van der Waals surface area contributed by atoms with Crippen LogP contribution >= 0.6 is 11.8 Å². The maximum absolute atomic E-state index is 14.1. The first-order valence-corrected chi connectivity index (χ1v) is 8.68. The number of thioether (sulfide) groups is 1. The third-order valence-corrected chi connectivity index (χ3v) is 4.70. The van der Waals surface area contributed by atoms with E-state index in [4.69, 9.17) is 0 Å². The number of carbonyl (C=O) groups excluding carboxylic acids is 1. The maximum atomic E-state index is 14.1. The number of hydrogen-bond donors (Lipinski definition) is 1. The zero-order chi connectivity index (χ0) is 15.6. The Balaban J connectivity index is 2.37. The SMILES string of the molecule is CSCC(C)N1C(=O)C(C(C)C)NC1c1ccccc1F. The molecule has 21 heavy (non-hydrogen) atoms. The molecular formula is C16H23FN2OS. The number of nitrogens with one attached hydrogen (secondary N) is 1. The highest BCUT2D eigenvalue weighted by Crippen LogP contribution is 2.31. The summed E-state index contributed by atoms with van der Waals surface area (Å²) in [5, 5.41) is 3.31. The van der Waals surface area contributed by atoms with Gasteiger partial charge in [0, 0.05) is 17.4 Å². The predicted molar refractivity (Wildman–Crippen MR) is 85.6 cm³/mol. The van der Waals surface area contributed by atoms with E-state index in [1.54, 1.807) is 28.8 Å². The topological polar surface area (TPSA) is 32.3 Å².